The Morgan fingerprint density at radius 3 is 2.64 bits per heavy atom. The third-order valence-corrected chi connectivity index (χ3v) is 5.78. The Morgan fingerprint density at radius 2 is 1.92 bits per heavy atom. The first-order valence-electron chi connectivity index (χ1n) is 7.66. The van der Waals surface area contributed by atoms with Crippen molar-refractivity contribution in [1.29, 1.82) is 0 Å². The first kappa shape index (κ1) is 16.1. The van der Waals surface area contributed by atoms with Crippen LogP contribution in [0.4, 0.5) is 0 Å². The predicted octanol–water partition coefficient (Wildman–Crippen LogP) is 4.49. The third kappa shape index (κ3) is 2.79. The fourth-order valence-corrected chi connectivity index (χ4v) is 4.47. The lowest BCUT2D eigenvalue weighted by Crippen LogP contribution is -1.89. The van der Waals surface area contributed by atoms with E-state index in [1.165, 1.54) is 0 Å². The molecule has 4 rings (SSSR count). The van der Waals surface area contributed by atoms with Gasteiger partial charge < -0.3 is 9.30 Å². The molecule has 0 aliphatic carbocycles. The normalized spacial score (nSPS) is 11.2. The summed E-state index contributed by atoms with van der Waals surface area (Å²) < 4.78 is 7.30. The van der Waals surface area contributed by atoms with Gasteiger partial charge >= 0.3 is 0 Å². The number of aryl methyl sites for hydroxylation is 1. The van der Waals surface area contributed by atoms with Crippen LogP contribution in [-0.2, 0) is 7.05 Å². The Morgan fingerprint density at radius 1 is 1.12 bits per heavy atom. The minimum atomic E-state index is 0.836. The van der Waals surface area contributed by atoms with E-state index in [1.54, 1.807) is 36.5 Å². The van der Waals surface area contributed by atoms with E-state index in [9.17, 15) is 0 Å². The Bertz CT molecular complexity index is 1040. The summed E-state index contributed by atoms with van der Waals surface area (Å²) in [6.45, 7) is 0. The molecule has 3 aromatic heterocycles. The molecule has 25 heavy (non-hydrogen) atoms. The number of thiophene rings is 1. The van der Waals surface area contributed by atoms with Crippen LogP contribution in [0, 0.1) is 0 Å². The Labute approximate surface area is 153 Å². The van der Waals surface area contributed by atoms with Crippen LogP contribution in [-0.4, -0.2) is 32.9 Å². The van der Waals surface area contributed by atoms with Gasteiger partial charge in [0.25, 0.3) is 0 Å². The molecule has 126 valence electrons. The van der Waals surface area contributed by atoms with E-state index in [1.807, 2.05) is 43.9 Å². The quantitative estimate of drug-likeness (QED) is 0.392. The summed E-state index contributed by atoms with van der Waals surface area (Å²) in [5.41, 5.74) is 3.10. The second kappa shape index (κ2) is 6.50. The molecular weight excluding hydrogens is 352 g/mol. The highest BCUT2D eigenvalue weighted by molar-refractivity contribution is 7.98. The lowest BCUT2D eigenvalue weighted by Gasteiger charge is -2.05. The molecular formula is C18H16N4OS2. The molecule has 0 atom stereocenters. The molecule has 7 heteroatoms. The van der Waals surface area contributed by atoms with Gasteiger partial charge in [-0.15, -0.1) is 23.1 Å². The molecule has 0 saturated heterocycles. The molecule has 0 radical (unpaired) electrons. The number of nitrogens with zero attached hydrogens (tertiary/aromatic N) is 4. The maximum Gasteiger partial charge on any atom is 0.128 e. The van der Waals surface area contributed by atoms with Gasteiger partial charge in [0.05, 0.1) is 29.7 Å². The number of hydrogen-bond donors (Lipinski definition) is 0. The van der Waals surface area contributed by atoms with Gasteiger partial charge in [0, 0.05) is 18.0 Å². The first-order chi connectivity index (χ1) is 12.2. The Kier molecular flexibility index (Phi) is 4.19. The molecule has 0 spiro atoms. The molecule has 0 aliphatic heterocycles. The zero-order chi connectivity index (χ0) is 17.4. The van der Waals surface area contributed by atoms with Crippen LogP contribution in [0.5, 0.6) is 5.75 Å². The molecule has 3 heterocycles. The Hall–Kier alpha value is -2.38. The number of imidazole rings is 1. The highest BCUT2D eigenvalue weighted by atomic mass is 32.2. The average Bonchev–Trinajstić information content (AvgIpc) is 3.24. The highest BCUT2D eigenvalue weighted by Crippen LogP contribution is 2.39. The molecule has 4 aromatic rings. The van der Waals surface area contributed by atoms with Gasteiger partial charge in [-0.1, -0.05) is 0 Å². The number of rotatable bonds is 4. The number of thioether (sulfide) groups is 1. The predicted molar refractivity (Wildman–Crippen MR) is 103 cm³/mol. The number of ether oxygens (including phenoxy) is 1. The average molecular weight is 368 g/mol. The lowest BCUT2D eigenvalue weighted by atomic mass is 10.1. The minimum absolute atomic E-state index is 0.836. The van der Waals surface area contributed by atoms with E-state index >= 15 is 0 Å². The molecule has 5 nitrogen and oxygen atoms in total. The topological polar surface area (TPSA) is 52.8 Å². The van der Waals surface area contributed by atoms with Crippen molar-refractivity contribution in [2.24, 2.45) is 7.05 Å². The smallest absolute Gasteiger partial charge is 0.128 e. The van der Waals surface area contributed by atoms with Gasteiger partial charge in [-0.2, -0.15) is 0 Å². The fraction of sp³-hybridized carbons (Fsp3) is 0.167. The summed E-state index contributed by atoms with van der Waals surface area (Å²) in [7, 11) is 3.68. The van der Waals surface area contributed by atoms with Crippen LogP contribution in [0.15, 0.2) is 48.0 Å². The number of benzene rings is 1. The molecule has 0 amide bonds. The molecule has 0 unspecified atom stereocenters. The van der Waals surface area contributed by atoms with Gasteiger partial charge in [0.1, 0.15) is 21.9 Å². The summed E-state index contributed by atoms with van der Waals surface area (Å²) in [6.07, 6.45) is 5.51. The molecule has 0 aliphatic rings. The van der Waals surface area contributed by atoms with E-state index in [0.29, 0.717) is 0 Å². The molecule has 0 N–H and O–H groups in total. The number of aromatic nitrogens is 4. The summed E-state index contributed by atoms with van der Waals surface area (Å²) in [6, 6.07) is 10.1. The molecule has 0 saturated carbocycles. The van der Waals surface area contributed by atoms with Crippen molar-refractivity contribution >= 4 is 33.3 Å². The molecule has 0 bridgehead atoms. The van der Waals surface area contributed by atoms with E-state index < -0.39 is 0 Å². The standard InChI is InChI=1S/C18H16N4OS2/c1-22-10-21-15(11-4-6-12(23-2)7-5-11)16(22)14-8-13-17(24-3)19-9-20-18(13)25-14/h4-10H,1-3H3. The van der Waals surface area contributed by atoms with Crippen LogP contribution in [0.1, 0.15) is 0 Å². The molecule has 0 fully saturated rings. The largest absolute Gasteiger partial charge is 0.497 e. The van der Waals surface area contributed by atoms with Crippen molar-refractivity contribution in [1.82, 2.24) is 19.5 Å². The number of hydrogen-bond acceptors (Lipinski definition) is 6. The summed E-state index contributed by atoms with van der Waals surface area (Å²) in [5.74, 6) is 0.836. The van der Waals surface area contributed by atoms with Crippen molar-refractivity contribution in [2.45, 2.75) is 5.03 Å². The second-order valence-corrected chi connectivity index (χ2v) is 7.32. The monoisotopic (exact) mass is 368 g/mol. The Balaban J connectivity index is 1.87. The summed E-state index contributed by atoms with van der Waals surface area (Å²) in [4.78, 5) is 15.5. The zero-order valence-corrected chi connectivity index (χ0v) is 15.7. The van der Waals surface area contributed by atoms with E-state index in [2.05, 4.69) is 25.6 Å². The van der Waals surface area contributed by atoms with Crippen molar-refractivity contribution < 1.29 is 4.74 Å². The van der Waals surface area contributed by atoms with Crippen LogP contribution < -0.4 is 4.74 Å². The van der Waals surface area contributed by atoms with Crippen molar-refractivity contribution in [3.63, 3.8) is 0 Å². The van der Waals surface area contributed by atoms with Gasteiger partial charge in [-0.25, -0.2) is 15.0 Å². The van der Waals surface area contributed by atoms with Crippen LogP contribution in [0.25, 0.3) is 32.0 Å². The van der Waals surface area contributed by atoms with Crippen LogP contribution >= 0.6 is 23.1 Å². The third-order valence-electron chi connectivity index (χ3n) is 4.02. The number of methoxy groups -OCH3 is 1. The second-order valence-electron chi connectivity index (χ2n) is 5.49. The zero-order valence-electron chi connectivity index (χ0n) is 14.1. The summed E-state index contributed by atoms with van der Waals surface area (Å²) in [5, 5.41) is 2.09. The van der Waals surface area contributed by atoms with E-state index in [-0.39, 0.29) is 0 Å². The van der Waals surface area contributed by atoms with Gasteiger partial charge in [-0.05, 0) is 36.6 Å². The van der Waals surface area contributed by atoms with Crippen molar-refractivity contribution in [3.8, 4) is 27.6 Å². The minimum Gasteiger partial charge on any atom is -0.497 e. The van der Waals surface area contributed by atoms with Gasteiger partial charge in [0.2, 0.25) is 0 Å². The van der Waals surface area contributed by atoms with Crippen molar-refractivity contribution in [2.75, 3.05) is 13.4 Å². The van der Waals surface area contributed by atoms with Gasteiger partial charge in [-0.3, -0.25) is 0 Å². The van der Waals surface area contributed by atoms with Crippen molar-refractivity contribution in [3.05, 3.63) is 43.0 Å². The fourth-order valence-electron chi connectivity index (χ4n) is 2.79. The lowest BCUT2D eigenvalue weighted by molar-refractivity contribution is 0.415. The van der Waals surface area contributed by atoms with Crippen LogP contribution in [0.3, 0.4) is 0 Å². The first-order valence-corrected chi connectivity index (χ1v) is 9.70. The SMILES string of the molecule is COc1ccc(-c2ncn(C)c2-c2cc3c(SC)ncnc3s2)cc1. The van der Waals surface area contributed by atoms with E-state index in [0.717, 1.165) is 42.8 Å². The molecule has 1 aromatic carbocycles. The summed E-state index contributed by atoms with van der Waals surface area (Å²) >= 11 is 3.30. The highest BCUT2D eigenvalue weighted by Gasteiger charge is 2.17. The van der Waals surface area contributed by atoms with Gasteiger partial charge in [0.15, 0.2) is 0 Å². The van der Waals surface area contributed by atoms with Crippen LogP contribution in [0.2, 0.25) is 0 Å². The number of fused-ring (bicyclic) bond motifs is 1. The maximum absolute atomic E-state index is 5.25. The maximum atomic E-state index is 5.25. The van der Waals surface area contributed by atoms with E-state index in [4.69, 9.17) is 4.74 Å².